The number of aliphatic hydroxyl groups is 1. The van der Waals surface area contributed by atoms with E-state index >= 15 is 0 Å². The molecular formula is C12H18F3N3O2. The van der Waals surface area contributed by atoms with Crippen molar-refractivity contribution in [1.29, 1.82) is 0 Å². The highest BCUT2D eigenvalue weighted by Gasteiger charge is 2.38. The molecule has 0 fully saturated rings. The molecule has 0 aliphatic rings. The van der Waals surface area contributed by atoms with Crippen molar-refractivity contribution in [3.63, 3.8) is 0 Å². The highest BCUT2D eigenvalue weighted by atomic mass is 19.4. The number of amides is 1. The molecule has 0 bridgehead atoms. The van der Waals surface area contributed by atoms with E-state index in [-0.39, 0.29) is 12.5 Å². The third-order valence-corrected chi connectivity index (χ3v) is 2.86. The van der Waals surface area contributed by atoms with Crippen molar-refractivity contribution in [1.82, 2.24) is 14.9 Å². The maximum absolute atomic E-state index is 12.1. The Balaban J connectivity index is 2.47. The highest BCUT2D eigenvalue weighted by Crippen LogP contribution is 2.20. The Hall–Kier alpha value is -1.57. The van der Waals surface area contributed by atoms with Crippen LogP contribution in [0.4, 0.5) is 13.2 Å². The molecule has 0 aliphatic heterocycles. The van der Waals surface area contributed by atoms with E-state index in [1.807, 2.05) is 6.92 Å². The lowest BCUT2D eigenvalue weighted by Crippen LogP contribution is -2.41. The van der Waals surface area contributed by atoms with Crippen LogP contribution in [0.3, 0.4) is 0 Å². The second-order valence-corrected chi connectivity index (χ2v) is 4.52. The molecule has 1 amide bonds. The minimum absolute atomic E-state index is 0.0504. The number of nitrogens with zero attached hydrogens (tertiary/aromatic N) is 2. The summed E-state index contributed by atoms with van der Waals surface area (Å²) in [5.74, 6) is -0.527. The Morgan fingerprint density at radius 1 is 1.50 bits per heavy atom. The number of hydrogen-bond donors (Lipinski definition) is 2. The van der Waals surface area contributed by atoms with Gasteiger partial charge in [0.25, 0.3) is 0 Å². The van der Waals surface area contributed by atoms with Gasteiger partial charge in [0.2, 0.25) is 5.91 Å². The second kappa shape index (κ2) is 7.28. The third-order valence-electron chi connectivity index (χ3n) is 2.86. The van der Waals surface area contributed by atoms with Gasteiger partial charge in [0, 0.05) is 24.9 Å². The summed E-state index contributed by atoms with van der Waals surface area (Å²) in [6.45, 7) is 1.13. The summed E-state index contributed by atoms with van der Waals surface area (Å²) < 4.78 is 38.0. The summed E-state index contributed by atoms with van der Waals surface area (Å²) in [4.78, 5) is 15.5. The molecule has 0 aliphatic carbocycles. The first-order chi connectivity index (χ1) is 9.34. The summed E-state index contributed by atoms with van der Waals surface area (Å²) in [6.07, 6.45) is -0.809. The lowest BCUT2D eigenvalue weighted by molar-refractivity contribution is -0.201. The molecule has 8 heteroatoms. The number of alkyl halides is 3. The highest BCUT2D eigenvalue weighted by molar-refractivity contribution is 5.76. The Morgan fingerprint density at radius 3 is 2.70 bits per heavy atom. The van der Waals surface area contributed by atoms with Crippen LogP contribution in [0.2, 0.25) is 0 Å². The van der Waals surface area contributed by atoms with Crippen LogP contribution >= 0.6 is 0 Å². The van der Waals surface area contributed by atoms with Crippen LogP contribution in [-0.4, -0.2) is 39.4 Å². The number of imidazole rings is 1. The third kappa shape index (κ3) is 5.20. The van der Waals surface area contributed by atoms with Crippen molar-refractivity contribution in [3.8, 4) is 0 Å². The number of carbonyl (C=O) groups excluding carboxylic acids is 1. The van der Waals surface area contributed by atoms with Crippen molar-refractivity contribution >= 4 is 5.91 Å². The van der Waals surface area contributed by atoms with E-state index in [9.17, 15) is 18.0 Å². The van der Waals surface area contributed by atoms with Gasteiger partial charge in [0.15, 0.2) is 6.10 Å². The van der Waals surface area contributed by atoms with Crippen molar-refractivity contribution in [3.05, 3.63) is 18.7 Å². The molecule has 0 saturated heterocycles. The van der Waals surface area contributed by atoms with Gasteiger partial charge in [0.05, 0.1) is 12.9 Å². The van der Waals surface area contributed by atoms with Crippen molar-refractivity contribution in [2.75, 3.05) is 6.54 Å². The fourth-order valence-electron chi connectivity index (χ4n) is 1.79. The van der Waals surface area contributed by atoms with Gasteiger partial charge in [-0.1, -0.05) is 13.3 Å². The average Bonchev–Trinajstić information content (AvgIpc) is 2.88. The molecule has 2 N–H and O–H groups in total. The molecule has 0 radical (unpaired) electrons. The number of halogens is 3. The van der Waals surface area contributed by atoms with Gasteiger partial charge in [-0.2, -0.15) is 13.2 Å². The maximum Gasteiger partial charge on any atom is 0.416 e. The summed E-state index contributed by atoms with van der Waals surface area (Å²) in [5, 5.41) is 10.9. The Morgan fingerprint density at radius 2 is 2.20 bits per heavy atom. The van der Waals surface area contributed by atoms with Gasteiger partial charge < -0.3 is 15.0 Å². The molecule has 1 heterocycles. The van der Waals surface area contributed by atoms with Crippen LogP contribution in [0.1, 0.15) is 32.2 Å². The smallest absolute Gasteiger partial charge is 0.382 e. The quantitative estimate of drug-likeness (QED) is 0.803. The molecule has 0 aromatic carbocycles. The van der Waals surface area contributed by atoms with E-state index in [4.69, 9.17) is 5.11 Å². The van der Waals surface area contributed by atoms with Gasteiger partial charge in [0.1, 0.15) is 0 Å². The topological polar surface area (TPSA) is 67.2 Å². The molecule has 1 rings (SSSR count). The van der Waals surface area contributed by atoms with Crippen LogP contribution in [0.25, 0.3) is 0 Å². The van der Waals surface area contributed by atoms with Crippen molar-refractivity contribution in [2.45, 2.75) is 44.5 Å². The monoisotopic (exact) mass is 293 g/mol. The molecule has 2 atom stereocenters. The molecule has 0 spiro atoms. The minimum atomic E-state index is -4.72. The van der Waals surface area contributed by atoms with E-state index in [1.54, 1.807) is 23.3 Å². The molecule has 2 unspecified atom stereocenters. The minimum Gasteiger partial charge on any atom is -0.382 e. The van der Waals surface area contributed by atoms with E-state index in [1.165, 1.54) is 0 Å². The molecule has 20 heavy (non-hydrogen) atoms. The number of hydrogen-bond acceptors (Lipinski definition) is 3. The lowest BCUT2D eigenvalue weighted by atomic mass is 10.1. The van der Waals surface area contributed by atoms with Crippen molar-refractivity contribution < 1.29 is 23.1 Å². The summed E-state index contributed by atoms with van der Waals surface area (Å²) in [5.41, 5.74) is 0. The zero-order valence-corrected chi connectivity index (χ0v) is 11.1. The predicted octanol–water partition coefficient (Wildman–Crippen LogP) is 1.65. The zero-order valence-electron chi connectivity index (χ0n) is 11.1. The Labute approximate surface area is 114 Å². The predicted molar refractivity (Wildman–Crippen MR) is 65.9 cm³/mol. The van der Waals surface area contributed by atoms with E-state index in [2.05, 4.69) is 10.3 Å². The largest absolute Gasteiger partial charge is 0.416 e. The number of carbonyl (C=O) groups is 1. The van der Waals surface area contributed by atoms with Gasteiger partial charge in [-0.3, -0.25) is 4.79 Å². The number of nitrogens with one attached hydrogen (secondary N) is 1. The first-order valence-corrected chi connectivity index (χ1v) is 6.33. The van der Waals surface area contributed by atoms with Crippen molar-refractivity contribution in [2.24, 2.45) is 0 Å². The van der Waals surface area contributed by atoms with Gasteiger partial charge >= 0.3 is 6.18 Å². The fraction of sp³-hybridized carbons (Fsp3) is 0.667. The van der Waals surface area contributed by atoms with Crippen LogP contribution in [0, 0.1) is 0 Å². The number of rotatable bonds is 7. The summed E-state index contributed by atoms with van der Waals surface area (Å²) >= 11 is 0. The first kappa shape index (κ1) is 16.5. The van der Waals surface area contributed by atoms with Gasteiger partial charge in [-0.15, -0.1) is 0 Å². The SMILES string of the molecule is CCCC(CC(=O)NCC(O)C(F)(F)F)n1ccnc1. The normalized spacial score (nSPS) is 14.8. The maximum atomic E-state index is 12.1. The number of aromatic nitrogens is 2. The summed E-state index contributed by atoms with van der Waals surface area (Å²) in [7, 11) is 0. The lowest BCUT2D eigenvalue weighted by Gasteiger charge is -2.19. The summed E-state index contributed by atoms with van der Waals surface area (Å²) in [6, 6.07) is -0.148. The Kier molecular flexibility index (Phi) is 6.00. The molecule has 114 valence electrons. The van der Waals surface area contributed by atoms with Gasteiger partial charge in [-0.25, -0.2) is 4.98 Å². The van der Waals surface area contributed by atoms with Crippen LogP contribution < -0.4 is 5.32 Å². The average molecular weight is 293 g/mol. The Bertz CT molecular complexity index is 407. The first-order valence-electron chi connectivity index (χ1n) is 6.33. The molecular weight excluding hydrogens is 275 g/mol. The molecule has 1 aromatic rings. The fourth-order valence-corrected chi connectivity index (χ4v) is 1.79. The molecule has 0 saturated carbocycles. The molecule has 5 nitrogen and oxygen atoms in total. The number of aliphatic hydroxyl groups excluding tert-OH is 1. The van der Waals surface area contributed by atoms with E-state index < -0.39 is 24.7 Å². The molecule has 1 aromatic heterocycles. The zero-order chi connectivity index (χ0) is 15.2. The standard InChI is InChI=1S/C12H18F3N3O2/c1-2-3-9(18-5-4-16-8-18)6-11(20)17-7-10(19)12(13,14)15/h4-5,8-10,19H,2-3,6-7H2,1H3,(H,17,20). The van der Waals surface area contributed by atoms with Crippen LogP contribution in [-0.2, 0) is 4.79 Å². The van der Waals surface area contributed by atoms with Crippen LogP contribution in [0.5, 0.6) is 0 Å². The van der Waals surface area contributed by atoms with E-state index in [0.717, 1.165) is 6.42 Å². The second-order valence-electron chi connectivity index (χ2n) is 4.52. The van der Waals surface area contributed by atoms with Gasteiger partial charge in [-0.05, 0) is 6.42 Å². The van der Waals surface area contributed by atoms with E-state index in [0.29, 0.717) is 6.42 Å². The van der Waals surface area contributed by atoms with Crippen LogP contribution in [0.15, 0.2) is 18.7 Å².